The number of aromatic nitrogens is 1. The molecular formula is C25H18N2O4. The Morgan fingerprint density at radius 2 is 1.29 bits per heavy atom. The predicted octanol–water partition coefficient (Wildman–Crippen LogP) is 3.76. The molecule has 0 aliphatic carbocycles. The normalized spacial score (nSPS) is 11.5. The minimum absolute atomic E-state index is 0.0333. The molecule has 0 unspecified atom stereocenters. The van der Waals surface area contributed by atoms with Crippen LogP contribution >= 0.6 is 0 Å². The first kappa shape index (κ1) is 20.0. The quantitative estimate of drug-likeness (QED) is 0.410. The maximum Gasteiger partial charge on any atom is 0.277 e. The summed E-state index contributed by atoms with van der Waals surface area (Å²) < 4.78 is 1.04. The van der Waals surface area contributed by atoms with Crippen LogP contribution in [0.5, 0.6) is 5.88 Å². The monoisotopic (exact) mass is 410 g/mol. The summed E-state index contributed by atoms with van der Waals surface area (Å²) in [6, 6.07) is 23.3. The van der Waals surface area contributed by atoms with E-state index in [-0.39, 0.29) is 17.2 Å². The van der Waals surface area contributed by atoms with E-state index in [4.69, 9.17) is 0 Å². The average molecular weight is 410 g/mol. The average Bonchev–Trinajstić information content (AvgIpc) is 2.82. The van der Waals surface area contributed by atoms with Crippen LogP contribution in [-0.2, 0) is 7.05 Å². The summed E-state index contributed by atoms with van der Waals surface area (Å²) in [7, 11) is 1.40. The number of pyridine rings is 1. The number of fused-ring (bicyclic) bond motifs is 1. The van der Waals surface area contributed by atoms with Crippen molar-refractivity contribution in [3.63, 3.8) is 0 Å². The second kappa shape index (κ2) is 8.20. The Bertz CT molecular complexity index is 1390. The zero-order chi connectivity index (χ0) is 22.0. The molecule has 152 valence electrons. The van der Waals surface area contributed by atoms with Gasteiger partial charge in [0.1, 0.15) is 5.71 Å². The highest BCUT2D eigenvalue weighted by molar-refractivity contribution is 6.54. The Hall–Kier alpha value is -4.32. The van der Waals surface area contributed by atoms with Crippen molar-refractivity contribution in [1.82, 2.24) is 4.57 Å². The third-order valence-electron chi connectivity index (χ3n) is 5.00. The van der Waals surface area contributed by atoms with Gasteiger partial charge in [-0.25, -0.2) is 4.99 Å². The summed E-state index contributed by atoms with van der Waals surface area (Å²) in [5.41, 5.74) is -0.340. The van der Waals surface area contributed by atoms with E-state index in [2.05, 4.69) is 4.99 Å². The first-order valence-corrected chi connectivity index (χ1v) is 9.58. The number of benzene rings is 3. The number of carbonyl (C=O) groups is 2. The minimum Gasteiger partial charge on any atom is -0.494 e. The lowest BCUT2D eigenvalue weighted by atomic mass is 9.96. The molecule has 31 heavy (non-hydrogen) atoms. The van der Waals surface area contributed by atoms with Gasteiger partial charge in [-0.15, -0.1) is 0 Å². The molecule has 0 bridgehead atoms. The number of carbonyl (C=O) groups excluding carboxylic acids is 2. The molecule has 0 radical (unpaired) electrons. The van der Waals surface area contributed by atoms with Crippen LogP contribution in [-0.4, -0.2) is 27.1 Å². The highest BCUT2D eigenvalue weighted by atomic mass is 16.3. The molecule has 0 fully saturated rings. The molecule has 1 aromatic heterocycles. The number of aliphatic imine (C=N–C) groups is 1. The molecule has 0 aliphatic heterocycles. The summed E-state index contributed by atoms with van der Waals surface area (Å²) in [5.74, 6) is -1.43. The standard InChI is InChI=1S/C25H18N2O4/c1-27-24(30)19-15-9-8-14-18(19)20(25(27)31)21(22(28)16-10-4-2-5-11-16)26-23(29)17-12-6-3-7-13-17/h2-15,30H,1H3. The predicted molar refractivity (Wildman–Crippen MR) is 119 cm³/mol. The van der Waals surface area contributed by atoms with Gasteiger partial charge in [0.05, 0.1) is 5.56 Å². The van der Waals surface area contributed by atoms with Crippen molar-refractivity contribution in [2.45, 2.75) is 0 Å². The Balaban J connectivity index is 2.03. The van der Waals surface area contributed by atoms with Crippen molar-refractivity contribution in [2.24, 2.45) is 12.0 Å². The number of amides is 1. The van der Waals surface area contributed by atoms with Crippen LogP contribution in [0.3, 0.4) is 0 Å². The lowest BCUT2D eigenvalue weighted by Gasteiger charge is -2.13. The number of aromatic hydroxyl groups is 1. The summed E-state index contributed by atoms with van der Waals surface area (Å²) in [5, 5.41) is 11.1. The fraction of sp³-hybridized carbons (Fsp3) is 0.0400. The smallest absolute Gasteiger partial charge is 0.277 e. The maximum atomic E-state index is 13.4. The van der Waals surface area contributed by atoms with E-state index in [1.807, 2.05) is 0 Å². The van der Waals surface area contributed by atoms with Crippen molar-refractivity contribution in [3.05, 3.63) is 112 Å². The molecular weight excluding hydrogens is 392 g/mol. The van der Waals surface area contributed by atoms with E-state index >= 15 is 0 Å². The van der Waals surface area contributed by atoms with Crippen molar-refractivity contribution < 1.29 is 14.7 Å². The second-order valence-corrected chi connectivity index (χ2v) is 6.94. The van der Waals surface area contributed by atoms with Gasteiger partial charge in [-0.05, 0) is 18.2 Å². The Kier molecular flexibility index (Phi) is 5.28. The minimum atomic E-state index is -0.640. The fourth-order valence-electron chi connectivity index (χ4n) is 3.38. The van der Waals surface area contributed by atoms with Crippen LogP contribution in [0.25, 0.3) is 10.8 Å². The van der Waals surface area contributed by atoms with Crippen molar-refractivity contribution in [1.29, 1.82) is 0 Å². The van der Waals surface area contributed by atoms with Gasteiger partial charge in [0.25, 0.3) is 11.5 Å². The van der Waals surface area contributed by atoms with Crippen LogP contribution in [0, 0.1) is 0 Å². The van der Waals surface area contributed by atoms with Gasteiger partial charge in [-0.1, -0.05) is 66.7 Å². The highest BCUT2D eigenvalue weighted by Crippen LogP contribution is 2.26. The van der Waals surface area contributed by atoms with E-state index in [9.17, 15) is 19.5 Å². The van der Waals surface area contributed by atoms with Gasteiger partial charge in [0, 0.05) is 28.9 Å². The molecule has 0 spiro atoms. The molecule has 4 aromatic rings. The van der Waals surface area contributed by atoms with Crippen LogP contribution in [0.15, 0.2) is 94.7 Å². The molecule has 1 N–H and O–H groups in total. The molecule has 1 heterocycles. The number of hydrogen-bond acceptors (Lipinski definition) is 4. The number of ketones is 1. The number of hydrogen-bond donors (Lipinski definition) is 1. The lowest BCUT2D eigenvalue weighted by molar-refractivity contribution is 0.0993. The van der Waals surface area contributed by atoms with E-state index in [1.165, 1.54) is 7.05 Å². The summed E-state index contributed by atoms with van der Waals surface area (Å²) >= 11 is 0. The first-order valence-electron chi connectivity index (χ1n) is 9.58. The molecule has 0 atom stereocenters. The molecule has 3 aromatic carbocycles. The molecule has 1 amide bonds. The van der Waals surface area contributed by atoms with E-state index in [1.54, 1.807) is 84.9 Å². The molecule has 6 nitrogen and oxygen atoms in total. The van der Waals surface area contributed by atoms with Gasteiger partial charge in [0.2, 0.25) is 11.7 Å². The van der Waals surface area contributed by atoms with Crippen molar-refractivity contribution in [2.75, 3.05) is 0 Å². The van der Waals surface area contributed by atoms with Crippen LogP contribution in [0.4, 0.5) is 0 Å². The first-order chi connectivity index (χ1) is 15.0. The zero-order valence-electron chi connectivity index (χ0n) is 16.6. The van der Waals surface area contributed by atoms with Gasteiger partial charge >= 0.3 is 0 Å². The van der Waals surface area contributed by atoms with Gasteiger partial charge < -0.3 is 5.11 Å². The van der Waals surface area contributed by atoms with Crippen LogP contribution < -0.4 is 5.56 Å². The second-order valence-electron chi connectivity index (χ2n) is 6.94. The number of nitrogens with zero attached hydrogens (tertiary/aromatic N) is 2. The largest absolute Gasteiger partial charge is 0.494 e. The third-order valence-corrected chi connectivity index (χ3v) is 5.00. The Morgan fingerprint density at radius 1 is 0.774 bits per heavy atom. The van der Waals surface area contributed by atoms with Crippen molar-refractivity contribution in [3.8, 4) is 5.88 Å². The van der Waals surface area contributed by atoms with Gasteiger partial charge in [-0.2, -0.15) is 0 Å². The summed E-state index contributed by atoms with van der Waals surface area (Å²) in [6.07, 6.45) is 0. The summed E-state index contributed by atoms with van der Waals surface area (Å²) in [6.45, 7) is 0. The maximum absolute atomic E-state index is 13.4. The van der Waals surface area contributed by atoms with E-state index < -0.39 is 17.2 Å². The van der Waals surface area contributed by atoms with E-state index in [0.29, 0.717) is 21.9 Å². The molecule has 0 saturated heterocycles. The SMILES string of the molecule is Cn1c(O)c2ccccc2c(C(=NC(=O)c2ccccc2)C(=O)c2ccccc2)c1=O. The fourth-order valence-corrected chi connectivity index (χ4v) is 3.38. The van der Waals surface area contributed by atoms with Crippen LogP contribution in [0.2, 0.25) is 0 Å². The molecule has 0 saturated carbocycles. The topological polar surface area (TPSA) is 88.7 Å². The highest BCUT2D eigenvalue weighted by Gasteiger charge is 2.25. The molecule has 4 rings (SSSR count). The molecule has 0 aliphatic rings. The Morgan fingerprint density at radius 3 is 1.90 bits per heavy atom. The van der Waals surface area contributed by atoms with Gasteiger partial charge in [0.15, 0.2) is 0 Å². The zero-order valence-corrected chi connectivity index (χ0v) is 16.6. The third kappa shape index (κ3) is 3.67. The van der Waals surface area contributed by atoms with Crippen LogP contribution in [0.1, 0.15) is 26.3 Å². The summed E-state index contributed by atoms with van der Waals surface area (Å²) in [4.78, 5) is 43.5. The Labute approximate surface area is 177 Å². The van der Waals surface area contributed by atoms with Crippen molar-refractivity contribution >= 4 is 28.2 Å². The number of Topliss-reactive ketones (excluding diaryl/α,β-unsaturated/α-hetero) is 1. The lowest BCUT2D eigenvalue weighted by Crippen LogP contribution is -2.30. The van der Waals surface area contributed by atoms with E-state index in [0.717, 1.165) is 4.57 Å². The van der Waals surface area contributed by atoms with Gasteiger partial charge in [-0.3, -0.25) is 19.0 Å². The molecule has 6 heteroatoms. The number of rotatable bonds is 4.